The van der Waals surface area contributed by atoms with Gasteiger partial charge >= 0.3 is 0 Å². The van der Waals surface area contributed by atoms with E-state index in [0.29, 0.717) is 11.8 Å². The van der Waals surface area contributed by atoms with Crippen molar-refractivity contribution in [2.24, 2.45) is 0 Å². The molecule has 140 valence electrons. The van der Waals surface area contributed by atoms with Crippen LogP contribution in [0.1, 0.15) is 77.5 Å². The summed E-state index contributed by atoms with van der Waals surface area (Å²) in [6.07, 6.45) is 3.84. The summed E-state index contributed by atoms with van der Waals surface area (Å²) in [5, 5.41) is 14.4. The normalized spacial score (nSPS) is 19.0. The average Bonchev–Trinajstić information content (AvgIpc) is 2.51. The fourth-order valence-electron chi connectivity index (χ4n) is 3.22. The van der Waals surface area contributed by atoms with Gasteiger partial charge in [0, 0.05) is 22.9 Å². The van der Waals surface area contributed by atoms with Gasteiger partial charge in [0.15, 0.2) is 0 Å². The van der Waals surface area contributed by atoms with Crippen LogP contribution in [-0.4, -0.2) is 27.6 Å². The molecule has 1 atom stereocenters. The SMILES string of the molecule is CC(C)(C)c1cc(C(=S)SCC2CCCCN2)cc(C(C)(C)C)c1O. The average molecular weight is 380 g/mol. The molecule has 2 nitrogen and oxygen atoms in total. The van der Waals surface area contributed by atoms with Crippen LogP contribution < -0.4 is 5.32 Å². The highest BCUT2D eigenvalue weighted by molar-refractivity contribution is 8.23. The minimum atomic E-state index is -0.120. The number of phenols is 1. The highest BCUT2D eigenvalue weighted by Crippen LogP contribution is 2.40. The molecule has 0 amide bonds. The molecule has 1 heterocycles. The Balaban J connectivity index is 2.28. The summed E-state index contributed by atoms with van der Waals surface area (Å²) in [7, 11) is 0. The lowest BCUT2D eigenvalue weighted by Gasteiger charge is -2.28. The zero-order chi connectivity index (χ0) is 18.8. The molecule has 2 rings (SSSR count). The number of aromatic hydroxyl groups is 1. The summed E-state index contributed by atoms with van der Waals surface area (Å²) in [6.45, 7) is 14.0. The highest BCUT2D eigenvalue weighted by atomic mass is 32.2. The Morgan fingerprint density at radius 2 is 1.68 bits per heavy atom. The Kier molecular flexibility index (Phi) is 6.61. The minimum absolute atomic E-state index is 0.120. The predicted molar refractivity (Wildman–Crippen MR) is 115 cm³/mol. The van der Waals surface area contributed by atoms with Crippen LogP contribution in [0.3, 0.4) is 0 Å². The fourth-order valence-corrected chi connectivity index (χ4v) is 4.47. The van der Waals surface area contributed by atoms with Crippen molar-refractivity contribution in [3.8, 4) is 5.75 Å². The second-order valence-corrected chi connectivity index (χ2v) is 10.9. The van der Waals surface area contributed by atoms with Crippen LogP contribution in [0.2, 0.25) is 0 Å². The predicted octanol–water partition coefficient (Wildman–Crippen LogP) is 5.54. The molecule has 1 aromatic rings. The summed E-state index contributed by atoms with van der Waals surface area (Å²) in [5.41, 5.74) is 2.79. The number of rotatable bonds is 3. The lowest BCUT2D eigenvalue weighted by molar-refractivity contribution is 0.423. The smallest absolute Gasteiger partial charge is 0.123 e. The molecule has 0 aromatic heterocycles. The number of nitrogens with one attached hydrogen (secondary N) is 1. The van der Waals surface area contributed by atoms with Gasteiger partial charge in [-0.3, -0.25) is 0 Å². The first-order chi connectivity index (χ1) is 11.5. The molecule has 0 spiro atoms. The van der Waals surface area contributed by atoms with Crippen LogP contribution in [0.5, 0.6) is 5.75 Å². The Morgan fingerprint density at radius 1 is 1.12 bits per heavy atom. The second kappa shape index (κ2) is 7.98. The third-order valence-corrected chi connectivity index (χ3v) is 6.45. The lowest BCUT2D eigenvalue weighted by Crippen LogP contribution is -2.36. The van der Waals surface area contributed by atoms with Gasteiger partial charge in [-0.05, 0) is 47.9 Å². The van der Waals surface area contributed by atoms with Crippen LogP contribution in [-0.2, 0) is 10.8 Å². The van der Waals surface area contributed by atoms with Gasteiger partial charge in [0.1, 0.15) is 5.75 Å². The van der Waals surface area contributed by atoms with Crippen LogP contribution in [0.15, 0.2) is 12.1 Å². The summed E-state index contributed by atoms with van der Waals surface area (Å²) < 4.78 is 0.934. The number of piperidine rings is 1. The van der Waals surface area contributed by atoms with Crippen molar-refractivity contribution in [3.05, 3.63) is 28.8 Å². The molecule has 25 heavy (non-hydrogen) atoms. The molecule has 0 radical (unpaired) electrons. The summed E-state index contributed by atoms with van der Waals surface area (Å²) in [5.74, 6) is 1.44. The maximum absolute atomic E-state index is 10.8. The van der Waals surface area contributed by atoms with Crippen LogP contribution in [0.25, 0.3) is 0 Å². The van der Waals surface area contributed by atoms with Crippen LogP contribution >= 0.6 is 24.0 Å². The third-order valence-electron chi connectivity index (χ3n) is 4.79. The van der Waals surface area contributed by atoms with Crippen molar-refractivity contribution < 1.29 is 5.11 Å². The monoisotopic (exact) mass is 379 g/mol. The van der Waals surface area contributed by atoms with Gasteiger partial charge in [-0.15, -0.1) is 11.8 Å². The molecular formula is C21H33NOS2. The largest absolute Gasteiger partial charge is 0.507 e. The number of thioether (sulfide) groups is 1. The van der Waals surface area contributed by atoms with Crippen LogP contribution in [0.4, 0.5) is 0 Å². The van der Waals surface area contributed by atoms with Crippen molar-refractivity contribution in [2.45, 2.75) is 77.7 Å². The minimum Gasteiger partial charge on any atom is -0.507 e. The third kappa shape index (κ3) is 5.45. The van der Waals surface area contributed by atoms with E-state index in [1.807, 2.05) is 0 Å². The van der Waals surface area contributed by atoms with Gasteiger partial charge in [0.05, 0.1) is 4.20 Å². The van der Waals surface area contributed by atoms with Crippen molar-refractivity contribution in [2.75, 3.05) is 12.3 Å². The Hall–Kier alpha value is -0.580. The number of hydrogen-bond acceptors (Lipinski definition) is 4. The van der Waals surface area contributed by atoms with Gasteiger partial charge in [0.25, 0.3) is 0 Å². The Bertz CT molecular complexity index is 585. The first-order valence-corrected chi connectivity index (χ1v) is 10.7. The van der Waals surface area contributed by atoms with Gasteiger partial charge in [-0.1, -0.05) is 60.2 Å². The van der Waals surface area contributed by atoms with Crippen molar-refractivity contribution >= 4 is 28.2 Å². The maximum Gasteiger partial charge on any atom is 0.123 e. The van der Waals surface area contributed by atoms with E-state index in [1.165, 1.54) is 19.3 Å². The molecule has 4 heteroatoms. The van der Waals surface area contributed by atoms with E-state index in [4.69, 9.17) is 12.2 Å². The molecule has 2 N–H and O–H groups in total. The first kappa shape index (κ1) is 20.7. The molecule has 0 saturated carbocycles. The molecular weight excluding hydrogens is 346 g/mol. The van der Waals surface area contributed by atoms with Gasteiger partial charge in [-0.25, -0.2) is 0 Å². The number of benzene rings is 1. The zero-order valence-corrected chi connectivity index (χ0v) is 18.2. The maximum atomic E-state index is 10.8. The van der Waals surface area contributed by atoms with Crippen molar-refractivity contribution in [3.63, 3.8) is 0 Å². The molecule has 1 saturated heterocycles. The highest BCUT2D eigenvalue weighted by Gasteiger charge is 2.27. The van der Waals surface area contributed by atoms with Crippen molar-refractivity contribution in [1.82, 2.24) is 5.32 Å². The fraction of sp³-hybridized carbons (Fsp3) is 0.667. The molecule has 1 aromatic carbocycles. The second-order valence-electron chi connectivity index (χ2n) is 9.17. The molecule has 0 aliphatic carbocycles. The quantitative estimate of drug-likeness (QED) is 0.676. The molecule has 1 aliphatic rings. The van der Waals surface area contributed by atoms with E-state index in [1.54, 1.807) is 11.8 Å². The van der Waals surface area contributed by atoms with Crippen molar-refractivity contribution in [1.29, 1.82) is 0 Å². The van der Waals surface area contributed by atoms with Crippen LogP contribution in [0, 0.1) is 0 Å². The Labute approximate surface area is 163 Å². The van der Waals surface area contributed by atoms with E-state index < -0.39 is 0 Å². The van der Waals surface area contributed by atoms with Gasteiger partial charge in [0.2, 0.25) is 0 Å². The summed E-state index contributed by atoms with van der Waals surface area (Å²) in [6, 6.07) is 4.75. The first-order valence-electron chi connectivity index (χ1n) is 9.28. The Morgan fingerprint density at radius 3 is 2.12 bits per heavy atom. The van der Waals surface area contributed by atoms with E-state index in [0.717, 1.165) is 33.2 Å². The lowest BCUT2D eigenvalue weighted by atomic mass is 9.78. The zero-order valence-electron chi connectivity index (χ0n) is 16.5. The van der Waals surface area contributed by atoms with E-state index in [2.05, 4.69) is 59.0 Å². The van der Waals surface area contributed by atoms with E-state index in [9.17, 15) is 5.11 Å². The summed E-state index contributed by atoms with van der Waals surface area (Å²) in [4.78, 5) is 0. The number of hydrogen-bond donors (Lipinski definition) is 2. The molecule has 1 fully saturated rings. The summed E-state index contributed by atoms with van der Waals surface area (Å²) >= 11 is 7.52. The van der Waals surface area contributed by atoms with Gasteiger partial charge < -0.3 is 10.4 Å². The van der Waals surface area contributed by atoms with E-state index in [-0.39, 0.29) is 10.8 Å². The molecule has 1 aliphatic heterocycles. The van der Waals surface area contributed by atoms with Gasteiger partial charge in [-0.2, -0.15) is 0 Å². The van der Waals surface area contributed by atoms with E-state index >= 15 is 0 Å². The topological polar surface area (TPSA) is 32.3 Å². The molecule has 0 bridgehead atoms. The molecule has 1 unspecified atom stereocenters. The standard InChI is InChI=1S/C21H33NOS2/c1-20(2,3)16-11-14(12-17(18(16)23)21(4,5)6)19(24)25-13-15-9-7-8-10-22-15/h11-12,15,22-23H,7-10,13H2,1-6H3. The number of thiocarbonyl (C=S) groups is 1. The number of phenolic OH excluding ortho intramolecular Hbond substituents is 1.